The second-order valence-corrected chi connectivity index (χ2v) is 8.67. The molecule has 4 nitrogen and oxygen atoms in total. The van der Waals surface area contributed by atoms with E-state index in [9.17, 15) is 14.7 Å². The summed E-state index contributed by atoms with van der Waals surface area (Å²) in [6, 6.07) is 0. The number of carboxylic acids is 1. The molecule has 0 spiro atoms. The van der Waals surface area contributed by atoms with Crippen LogP contribution in [0.25, 0.3) is 0 Å². The standard InChI is InChI=1S/C24H40O4/c1-5-24(28,23(26)27)17-11-7-10-14-21-20(15-16-22(21)25)13-9-6-8-12-19(4)18(2)3/h9,13,20-21,28H,5-8,10-12,14-17H2,1-4H3,(H,26,27)/t20-,21+,24?/m0/s1. The lowest BCUT2D eigenvalue weighted by Crippen LogP contribution is -2.37. The van der Waals surface area contributed by atoms with Crippen LogP contribution < -0.4 is 0 Å². The van der Waals surface area contributed by atoms with Gasteiger partial charge in [-0.2, -0.15) is 0 Å². The molecule has 1 fully saturated rings. The van der Waals surface area contributed by atoms with Gasteiger partial charge in [-0.3, -0.25) is 4.79 Å². The zero-order valence-corrected chi connectivity index (χ0v) is 18.3. The molecule has 0 radical (unpaired) electrons. The number of Topliss-reactive ketones (excluding diaryl/α,β-unsaturated/α-hetero) is 1. The summed E-state index contributed by atoms with van der Waals surface area (Å²) >= 11 is 0. The highest BCUT2D eigenvalue weighted by molar-refractivity contribution is 5.83. The minimum atomic E-state index is -1.60. The normalized spacial score (nSPS) is 21.8. The van der Waals surface area contributed by atoms with Crippen LogP contribution in [0.2, 0.25) is 0 Å². The van der Waals surface area contributed by atoms with Crippen LogP contribution in [0, 0.1) is 11.8 Å². The van der Waals surface area contributed by atoms with E-state index in [-0.39, 0.29) is 18.8 Å². The van der Waals surface area contributed by atoms with Crippen molar-refractivity contribution in [2.24, 2.45) is 11.8 Å². The number of carbonyl (C=O) groups is 2. The van der Waals surface area contributed by atoms with Crippen LogP contribution in [0.15, 0.2) is 23.3 Å². The maximum Gasteiger partial charge on any atom is 0.335 e. The lowest BCUT2D eigenvalue weighted by molar-refractivity contribution is -0.159. The number of allylic oxidation sites excluding steroid dienone is 4. The molecule has 1 saturated carbocycles. The molecule has 0 heterocycles. The van der Waals surface area contributed by atoms with E-state index in [4.69, 9.17) is 5.11 Å². The first-order valence-electron chi connectivity index (χ1n) is 11.0. The summed E-state index contributed by atoms with van der Waals surface area (Å²) in [7, 11) is 0. The van der Waals surface area contributed by atoms with Crippen molar-refractivity contribution in [2.75, 3.05) is 0 Å². The third-order valence-electron chi connectivity index (χ3n) is 6.40. The maximum absolute atomic E-state index is 12.2. The molecule has 1 aliphatic carbocycles. The number of carboxylic acid groups (broad SMARTS) is 1. The molecule has 0 aliphatic heterocycles. The first kappa shape index (κ1) is 24.6. The Morgan fingerprint density at radius 1 is 1.18 bits per heavy atom. The quantitative estimate of drug-likeness (QED) is 0.305. The van der Waals surface area contributed by atoms with Crippen LogP contribution >= 0.6 is 0 Å². The van der Waals surface area contributed by atoms with Gasteiger partial charge in [0.05, 0.1) is 0 Å². The highest BCUT2D eigenvalue weighted by atomic mass is 16.4. The minimum absolute atomic E-state index is 0.125. The van der Waals surface area contributed by atoms with Crippen molar-refractivity contribution in [3.8, 4) is 0 Å². The summed E-state index contributed by atoms with van der Waals surface area (Å²) in [4.78, 5) is 23.4. The van der Waals surface area contributed by atoms with Crippen LogP contribution in [0.5, 0.6) is 0 Å². The van der Waals surface area contributed by atoms with Gasteiger partial charge in [0.1, 0.15) is 5.78 Å². The van der Waals surface area contributed by atoms with Crippen LogP contribution in [-0.4, -0.2) is 27.6 Å². The van der Waals surface area contributed by atoms with Crippen molar-refractivity contribution in [3.63, 3.8) is 0 Å². The first-order valence-corrected chi connectivity index (χ1v) is 11.0. The van der Waals surface area contributed by atoms with Gasteiger partial charge in [0.2, 0.25) is 0 Å². The molecule has 0 aromatic carbocycles. The van der Waals surface area contributed by atoms with Crippen LogP contribution in [0.3, 0.4) is 0 Å². The first-order chi connectivity index (χ1) is 13.2. The highest BCUT2D eigenvalue weighted by Crippen LogP contribution is 2.34. The fourth-order valence-corrected chi connectivity index (χ4v) is 3.94. The highest BCUT2D eigenvalue weighted by Gasteiger charge is 2.34. The van der Waals surface area contributed by atoms with E-state index in [1.165, 1.54) is 11.1 Å². The number of ketones is 1. The van der Waals surface area contributed by atoms with Crippen molar-refractivity contribution in [2.45, 2.75) is 104 Å². The Balaban J connectivity index is 2.35. The van der Waals surface area contributed by atoms with Gasteiger partial charge < -0.3 is 10.2 Å². The Morgan fingerprint density at radius 3 is 2.50 bits per heavy atom. The van der Waals surface area contributed by atoms with Gasteiger partial charge in [0.15, 0.2) is 5.60 Å². The molecule has 0 aromatic rings. The monoisotopic (exact) mass is 392 g/mol. The van der Waals surface area contributed by atoms with Crippen molar-refractivity contribution in [1.29, 1.82) is 0 Å². The third kappa shape index (κ3) is 7.90. The fourth-order valence-electron chi connectivity index (χ4n) is 3.94. The topological polar surface area (TPSA) is 74.6 Å². The lowest BCUT2D eigenvalue weighted by Gasteiger charge is -2.21. The van der Waals surface area contributed by atoms with E-state index in [0.29, 0.717) is 24.5 Å². The summed E-state index contributed by atoms with van der Waals surface area (Å²) < 4.78 is 0. The predicted molar refractivity (Wildman–Crippen MR) is 114 cm³/mol. The number of aliphatic carboxylic acids is 1. The van der Waals surface area contributed by atoms with Gasteiger partial charge in [0, 0.05) is 12.3 Å². The lowest BCUT2D eigenvalue weighted by atomic mass is 9.88. The number of aliphatic hydroxyl groups is 1. The molecule has 4 heteroatoms. The van der Waals surface area contributed by atoms with Crippen molar-refractivity contribution < 1.29 is 19.8 Å². The molecule has 0 aromatic heterocycles. The molecule has 3 atom stereocenters. The minimum Gasteiger partial charge on any atom is -0.479 e. The molecule has 2 N–H and O–H groups in total. The SMILES string of the molecule is CCC(O)(CCCCC[C@H]1C(=O)CC[C@@H]1C=CCCCC(C)=C(C)C)C(=O)O. The predicted octanol–water partition coefficient (Wildman–Crippen LogP) is 5.84. The van der Waals surface area contributed by atoms with E-state index >= 15 is 0 Å². The van der Waals surface area contributed by atoms with E-state index in [2.05, 4.69) is 32.9 Å². The third-order valence-corrected chi connectivity index (χ3v) is 6.40. The Hall–Kier alpha value is -1.42. The second-order valence-electron chi connectivity index (χ2n) is 8.67. The molecule has 1 aliphatic rings. The van der Waals surface area contributed by atoms with E-state index in [1.807, 2.05) is 0 Å². The summed E-state index contributed by atoms with van der Waals surface area (Å²) in [5.41, 5.74) is 1.28. The molecule has 0 saturated heterocycles. The number of rotatable bonds is 13. The fraction of sp³-hybridized carbons (Fsp3) is 0.750. The van der Waals surface area contributed by atoms with E-state index in [1.54, 1.807) is 6.92 Å². The number of carbonyl (C=O) groups excluding carboxylic acids is 1. The van der Waals surface area contributed by atoms with E-state index < -0.39 is 11.6 Å². The molecular weight excluding hydrogens is 352 g/mol. The Morgan fingerprint density at radius 2 is 1.89 bits per heavy atom. The molecule has 28 heavy (non-hydrogen) atoms. The van der Waals surface area contributed by atoms with Crippen LogP contribution in [0.4, 0.5) is 0 Å². The number of hydrogen-bond donors (Lipinski definition) is 2. The van der Waals surface area contributed by atoms with Gasteiger partial charge in [-0.15, -0.1) is 0 Å². The van der Waals surface area contributed by atoms with Gasteiger partial charge in [-0.25, -0.2) is 4.79 Å². The molecule has 1 unspecified atom stereocenters. The smallest absolute Gasteiger partial charge is 0.335 e. The van der Waals surface area contributed by atoms with Crippen molar-refractivity contribution >= 4 is 11.8 Å². The van der Waals surface area contributed by atoms with Crippen LogP contribution in [0.1, 0.15) is 98.3 Å². The molecule has 1 rings (SSSR count). The zero-order valence-electron chi connectivity index (χ0n) is 18.3. The summed E-state index contributed by atoms with van der Waals surface area (Å²) in [6.07, 6.45) is 13.4. The van der Waals surface area contributed by atoms with Gasteiger partial charge in [0.25, 0.3) is 0 Å². The van der Waals surface area contributed by atoms with E-state index in [0.717, 1.165) is 44.9 Å². The summed E-state index contributed by atoms with van der Waals surface area (Å²) in [6.45, 7) is 8.21. The van der Waals surface area contributed by atoms with Crippen molar-refractivity contribution in [1.82, 2.24) is 0 Å². The van der Waals surface area contributed by atoms with Crippen molar-refractivity contribution in [3.05, 3.63) is 23.3 Å². The summed E-state index contributed by atoms with van der Waals surface area (Å²) in [5.74, 6) is -0.263. The number of hydrogen-bond acceptors (Lipinski definition) is 3. The molecule has 0 amide bonds. The Kier molecular flexibility index (Phi) is 10.7. The zero-order chi connectivity index (χ0) is 21.2. The maximum atomic E-state index is 12.2. The average molecular weight is 393 g/mol. The Bertz CT molecular complexity index is 571. The largest absolute Gasteiger partial charge is 0.479 e. The molecule has 0 bridgehead atoms. The number of unbranched alkanes of at least 4 members (excludes halogenated alkanes) is 3. The van der Waals surface area contributed by atoms with Gasteiger partial charge in [-0.1, -0.05) is 43.1 Å². The van der Waals surface area contributed by atoms with Crippen LogP contribution in [-0.2, 0) is 9.59 Å². The second kappa shape index (κ2) is 12.2. The average Bonchev–Trinajstić information content (AvgIpc) is 3.00. The molecule has 160 valence electrons. The summed E-state index contributed by atoms with van der Waals surface area (Å²) in [5, 5.41) is 19.1. The van der Waals surface area contributed by atoms with Gasteiger partial charge in [-0.05, 0) is 78.1 Å². The molecular formula is C24H40O4. The Labute approximate surface area is 171 Å². The van der Waals surface area contributed by atoms with Gasteiger partial charge >= 0.3 is 5.97 Å².